The largest absolute Gasteiger partial charge is 0.493 e. The fourth-order valence-corrected chi connectivity index (χ4v) is 1.59. The molecule has 0 unspecified atom stereocenters. The summed E-state index contributed by atoms with van der Waals surface area (Å²) >= 11 is 0. The van der Waals surface area contributed by atoms with Crippen LogP contribution in [0.25, 0.3) is 6.08 Å². The Bertz CT molecular complexity index is 535. The summed E-state index contributed by atoms with van der Waals surface area (Å²) < 4.78 is 15.0. The Morgan fingerprint density at radius 3 is 2.56 bits per heavy atom. The number of carbonyl (C=O) groups is 2. The number of amides is 2. The number of alkyl carbamates (subject to hydrolysis) is 1. The Kier molecular flexibility index (Phi) is 3.18. The van der Waals surface area contributed by atoms with Crippen molar-refractivity contribution in [3.63, 3.8) is 0 Å². The number of carbonyl (C=O) groups excluding carboxylic acids is 2. The van der Waals surface area contributed by atoms with E-state index < -0.39 is 12.0 Å². The van der Waals surface area contributed by atoms with Crippen LogP contribution in [0.1, 0.15) is 5.56 Å². The predicted molar refractivity (Wildman–Crippen MR) is 62.1 cm³/mol. The van der Waals surface area contributed by atoms with Crippen LogP contribution >= 0.6 is 0 Å². The van der Waals surface area contributed by atoms with Crippen molar-refractivity contribution in [3.05, 3.63) is 29.5 Å². The van der Waals surface area contributed by atoms with Gasteiger partial charge in [0.05, 0.1) is 14.2 Å². The normalized spacial score (nSPS) is 16.4. The molecule has 1 saturated heterocycles. The smallest absolute Gasteiger partial charge is 0.419 e. The van der Waals surface area contributed by atoms with E-state index in [4.69, 9.17) is 14.2 Å². The molecule has 18 heavy (non-hydrogen) atoms. The van der Waals surface area contributed by atoms with Crippen molar-refractivity contribution in [2.75, 3.05) is 14.2 Å². The number of methoxy groups -OCH3 is 2. The van der Waals surface area contributed by atoms with E-state index in [1.807, 2.05) is 5.32 Å². The molecule has 1 N–H and O–H groups in total. The van der Waals surface area contributed by atoms with Crippen LogP contribution in [-0.2, 0) is 9.53 Å². The molecule has 2 rings (SSSR count). The van der Waals surface area contributed by atoms with Gasteiger partial charge in [0.1, 0.15) is 0 Å². The molecule has 6 heteroatoms. The van der Waals surface area contributed by atoms with Gasteiger partial charge in [-0.1, -0.05) is 12.1 Å². The highest BCUT2D eigenvalue weighted by Gasteiger charge is 2.26. The van der Waals surface area contributed by atoms with E-state index in [9.17, 15) is 9.59 Å². The van der Waals surface area contributed by atoms with Gasteiger partial charge in [-0.3, -0.25) is 10.1 Å². The maximum atomic E-state index is 11.3. The Hall–Kier alpha value is -2.50. The van der Waals surface area contributed by atoms with Gasteiger partial charge in [-0.2, -0.15) is 0 Å². The van der Waals surface area contributed by atoms with Gasteiger partial charge in [0, 0.05) is 5.56 Å². The number of benzene rings is 1. The molecule has 2 amide bonds. The molecule has 0 aliphatic carbocycles. The number of hydrogen-bond acceptors (Lipinski definition) is 5. The van der Waals surface area contributed by atoms with Gasteiger partial charge in [-0.25, -0.2) is 4.79 Å². The van der Waals surface area contributed by atoms with E-state index in [1.165, 1.54) is 20.3 Å². The number of imide groups is 1. The minimum atomic E-state index is -0.784. The van der Waals surface area contributed by atoms with Gasteiger partial charge in [-0.05, 0) is 12.1 Å². The maximum Gasteiger partial charge on any atom is 0.419 e. The molecule has 0 aromatic heterocycles. The fraction of sp³-hybridized carbons (Fsp3) is 0.167. The molecule has 0 atom stereocenters. The molecule has 0 radical (unpaired) electrons. The minimum Gasteiger partial charge on any atom is -0.493 e. The van der Waals surface area contributed by atoms with Crippen LogP contribution in [-0.4, -0.2) is 26.2 Å². The summed E-state index contributed by atoms with van der Waals surface area (Å²) in [6, 6.07) is 5.18. The van der Waals surface area contributed by atoms with E-state index in [0.29, 0.717) is 17.1 Å². The predicted octanol–water partition coefficient (Wildman–Crippen LogP) is 1.31. The van der Waals surface area contributed by atoms with Crippen LogP contribution in [0.3, 0.4) is 0 Å². The molecule has 0 bridgehead atoms. The lowest BCUT2D eigenvalue weighted by Gasteiger charge is -2.09. The van der Waals surface area contributed by atoms with E-state index in [-0.39, 0.29) is 5.76 Å². The molecule has 94 valence electrons. The summed E-state index contributed by atoms with van der Waals surface area (Å²) in [6.07, 6.45) is 0.634. The molecule has 6 nitrogen and oxygen atoms in total. The zero-order valence-corrected chi connectivity index (χ0v) is 9.85. The zero-order valence-electron chi connectivity index (χ0n) is 9.85. The van der Waals surface area contributed by atoms with E-state index >= 15 is 0 Å². The van der Waals surface area contributed by atoms with Crippen molar-refractivity contribution in [2.45, 2.75) is 0 Å². The van der Waals surface area contributed by atoms with Crippen molar-refractivity contribution in [3.8, 4) is 11.5 Å². The van der Waals surface area contributed by atoms with Crippen LogP contribution in [0.4, 0.5) is 4.79 Å². The van der Waals surface area contributed by atoms with E-state index in [1.54, 1.807) is 18.2 Å². The number of para-hydroxylation sites is 1. The minimum absolute atomic E-state index is 0.0773. The van der Waals surface area contributed by atoms with Gasteiger partial charge in [-0.15, -0.1) is 0 Å². The van der Waals surface area contributed by atoms with Gasteiger partial charge in [0.15, 0.2) is 17.3 Å². The zero-order chi connectivity index (χ0) is 13.1. The third-order valence-electron chi connectivity index (χ3n) is 2.36. The lowest BCUT2D eigenvalue weighted by Crippen LogP contribution is -2.18. The van der Waals surface area contributed by atoms with Crippen molar-refractivity contribution < 1.29 is 23.8 Å². The standard InChI is InChI=1S/C12H11NO5/c1-16-8-5-3-4-7(10(8)17-2)6-9-11(14)13-12(15)18-9/h3-6H,1-2H3,(H,13,14,15). The first kappa shape index (κ1) is 12.0. The number of rotatable bonds is 3. The van der Waals surface area contributed by atoms with Crippen molar-refractivity contribution in [2.24, 2.45) is 0 Å². The number of ether oxygens (including phenoxy) is 3. The first-order valence-electron chi connectivity index (χ1n) is 5.11. The fourth-order valence-electron chi connectivity index (χ4n) is 1.59. The molecule has 1 fully saturated rings. The van der Waals surface area contributed by atoms with Gasteiger partial charge >= 0.3 is 6.09 Å². The second-order valence-corrected chi connectivity index (χ2v) is 3.43. The summed E-state index contributed by atoms with van der Waals surface area (Å²) in [5, 5.41) is 2.01. The van der Waals surface area contributed by atoms with Crippen molar-refractivity contribution in [1.82, 2.24) is 5.32 Å². The molecule has 1 aliphatic heterocycles. The molecular weight excluding hydrogens is 238 g/mol. The van der Waals surface area contributed by atoms with Crippen LogP contribution in [0, 0.1) is 0 Å². The summed E-state index contributed by atoms with van der Waals surface area (Å²) in [6.45, 7) is 0. The lowest BCUT2D eigenvalue weighted by atomic mass is 10.1. The SMILES string of the molecule is COc1cccc(C=C2OC(=O)NC2=O)c1OC. The van der Waals surface area contributed by atoms with Crippen molar-refractivity contribution >= 4 is 18.1 Å². The summed E-state index contributed by atoms with van der Waals surface area (Å²) in [5.41, 5.74) is 0.580. The van der Waals surface area contributed by atoms with Gasteiger partial charge in [0.25, 0.3) is 5.91 Å². The average molecular weight is 249 g/mol. The topological polar surface area (TPSA) is 73.9 Å². The summed E-state index contributed by atoms with van der Waals surface area (Å²) in [4.78, 5) is 22.2. The summed E-state index contributed by atoms with van der Waals surface area (Å²) in [5.74, 6) is 0.330. The first-order valence-corrected chi connectivity index (χ1v) is 5.11. The maximum absolute atomic E-state index is 11.3. The highest BCUT2D eigenvalue weighted by atomic mass is 16.6. The second kappa shape index (κ2) is 4.79. The first-order chi connectivity index (χ1) is 8.65. The summed E-state index contributed by atoms with van der Waals surface area (Å²) in [7, 11) is 3.00. The monoisotopic (exact) mass is 249 g/mol. The Morgan fingerprint density at radius 1 is 1.22 bits per heavy atom. The Balaban J connectivity index is 2.43. The Labute approximate surface area is 103 Å². The molecule has 1 aliphatic rings. The number of nitrogens with one attached hydrogen (secondary N) is 1. The molecular formula is C12H11NO5. The molecule has 0 saturated carbocycles. The third kappa shape index (κ3) is 2.13. The molecule has 1 aromatic carbocycles. The Morgan fingerprint density at radius 2 is 2.00 bits per heavy atom. The highest BCUT2D eigenvalue weighted by Crippen LogP contribution is 2.32. The van der Waals surface area contributed by atoms with Crippen LogP contribution in [0.15, 0.2) is 24.0 Å². The van der Waals surface area contributed by atoms with E-state index in [0.717, 1.165) is 0 Å². The number of cyclic esters (lactones) is 1. The average Bonchev–Trinajstić information content (AvgIpc) is 2.67. The molecule has 1 heterocycles. The van der Waals surface area contributed by atoms with Crippen LogP contribution in [0.5, 0.6) is 11.5 Å². The number of hydrogen-bond donors (Lipinski definition) is 1. The third-order valence-corrected chi connectivity index (χ3v) is 2.36. The quantitative estimate of drug-likeness (QED) is 0.817. The lowest BCUT2D eigenvalue weighted by molar-refractivity contribution is -0.116. The van der Waals surface area contributed by atoms with Gasteiger partial charge < -0.3 is 14.2 Å². The van der Waals surface area contributed by atoms with Crippen molar-refractivity contribution in [1.29, 1.82) is 0 Å². The molecule has 1 aromatic rings. The van der Waals surface area contributed by atoms with Crippen LogP contribution < -0.4 is 14.8 Å². The van der Waals surface area contributed by atoms with E-state index in [2.05, 4.69) is 0 Å². The molecule has 0 spiro atoms. The van der Waals surface area contributed by atoms with Crippen LogP contribution in [0.2, 0.25) is 0 Å². The highest BCUT2D eigenvalue weighted by molar-refractivity contribution is 6.10. The van der Waals surface area contributed by atoms with Gasteiger partial charge in [0.2, 0.25) is 0 Å². The second-order valence-electron chi connectivity index (χ2n) is 3.43.